The first-order valence-corrected chi connectivity index (χ1v) is 5.22. The van der Waals surface area contributed by atoms with E-state index in [-0.39, 0.29) is 5.82 Å². The highest BCUT2D eigenvalue weighted by Crippen LogP contribution is 2.30. The topological polar surface area (TPSA) is 59.6 Å². The van der Waals surface area contributed by atoms with Gasteiger partial charge in [0.05, 0.1) is 5.69 Å². The highest BCUT2D eigenvalue weighted by atomic mass is 19.1. The summed E-state index contributed by atoms with van der Waals surface area (Å²) in [5.41, 5.74) is 7.95. The Kier molecular flexibility index (Phi) is 1.95. The minimum Gasteiger partial charge on any atom is -0.382 e. The normalized spacial score (nSPS) is 11.2. The summed E-state index contributed by atoms with van der Waals surface area (Å²) in [7, 11) is 1.78. The van der Waals surface area contributed by atoms with Gasteiger partial charge in [-0.25, -0.2) is 4.39 Å². The van der Waals surface area contributed by atoms with Crippen molar-refractivity contribution < 1.29 is 4.39 Å². The van der Waals surface area contributed by atoms with Crippen LogP contribution >= 0.6 is 0 Å². The van der Waals surface area contributed by atoms with Gasteiger partial charge in [0.1, 0.15) is 11.6 Å². The van der Waals surface area contributed by atoms with E-state index in [9.17, 15) is 4.39 Å². The molecule has 0 aliphatic rings. The van der Waals surface area contributed by atoms with Gasteiger partial charge >= 0.3 is 0 Å². The first kappa shape index (κ1) is 9.89. The number of anilines is 1. The quantitative estimate of drug-likeness (QED) is 0.673. The van der Waals surface area contributed by atoms with Gasteiger partial charge in [-0.2, -0.15) is 5.10 Å². The molecule has 2 aromatic heterocycles. The Hall–Kier alpha value is -2.30. The van der Waals surface area contributed by atoms with Gasteiger partial charge in [0.25, 0.3) is 0 Å². The van der Waals surface area contributed by atoms with Crippen molar-refractivity contribution in [2.45, 2.75) is 0 Å². The molecule has 5 heteroatoms. The van der Waals surface area contributed by atoms with E-state index in [0.29, 0.717) is 11.2 Å². The van der Waals surface area contributed by atoms with Crippen molar-refractivity contribution in [1.82, 2.24) is 14.8 Å². The maximum Gasteiger partial charge on any atom is 0.146 e. The molecule has 3 rings (SSSR count). The Morgan fingerprint density at radius 2 is 2.24 bits per heavy atom. The molecular formula is C12H11FN4. The van der Waals surface area contributed by atoms with Gasteiger partial charge in [-0.05, 0) is 12.1 Å². The summed E-state index contributed by atoms with van der Waals surface area (Å²) in [4.78, 5) is 3.04. The van der Waals surface area contributed by atoms with Crippen LogP contribution in [0.2, 0.25) is 0 Å². The number of nitrogens with two attached hydrogens (primary N) is 1. The summed E-state index contributed by atoms with van der Waals surface area (Å²) >= 11 is 0. The zero-order valence-electron chi connectivity index (χ0n) is 9.24. The van der Waals surface area contributed by atoms with E-state index in [4.69, 9.17) is 5.73 Å². The van der Waals surface area contributed by atoms with E-state index in [1.165, 1.54) is 6.07 Å². The zero-order chi connectivity index (χ0) is 12.0. The van der Waals surface area contributed by atoms with Crippen LogP contribution in [0.1, 0.15) is 0 Å². The van der Waals surface area contributed by atoms with Crippen molar-refractivity contribution in [2.24, 2.45) is 7.05 Å². The number of nitrogens with zero attached hydrogens (tertiary/aromatic N) is 2. The summed E-state index contributed by atoms with van der Waals surface area (Å²) < 4.78 is 15.5. The van der Waals surface area contributed by atoms with Gasteiger partial charge in [-0.1, -0.05) is 6.07 Å². The van der Waals surface area contributed by atoms with E-state index in [1.54, 1.807) is 30.1 Å². The van der Waals surface area contributed by atoms with Crippen LogP contribution in [0.5, 0.6) is 0 Å². The molecule has 0 saturated carbocycles. The molecule has 0 amide bonds. The molecule has 3 aromatic rings. The molecule has 0 aliphatic carbocycles. The lowest BCUT2D eigenvalue weighted by atomic mass is 10.1. The van der Waals surface area contributed by atoms with Crippen molar-refractivity contribution >= 4 is 16.7 Å². The second kappa shape index (κ2) is 3.35. The number of halogens is 1. The molecule has 0 radical (unpaired) electrons. The largest absolute Gasteiger partial charge is 0.382 e. The number of aromatic nitrogens is 3. The Morgan fingerprint density at radius 3 is 2.94 bits per heavy atom. The zero-order valence-corrected chi connectivity index (χ0v) is 9.24. The molecule has 1 aromatic carbocycles. The maximum atomic E-state index is 13.8. The third-order valence-electron chi connectivity index (χ3n) is 2.83. The lowest BCUT2D eigenvalue weighted by Crippen LogP contribution is -1.94. The average Bonchev–Trinajstić information content (AvgIpc) is 2.83. The van der Waals surface area contributed by atoms with Crippen LogP contribution in [0, 0.1) is 5.82 Å². The standard InChI is InChI=1S/C12H11FN4/c1-17-10(5-11(14)16-17)7-6-15-9-4-2-3-8(13)12(7)9/h2-6,15H,1H3,(H2,14,16). The highest BCUT2D eigenvalue weighted by molar-refractivity contribution is 5.95. The first-order valence-electron chi connectivity index (χ1n) is 5.22. The third kappa shape index (κ3) is 1.39. The SMILES string of the molecule is Cn1nc(N)cc1-c1c[nH]c2cccc(F)c12. The average molecular weight is 230 g/mol. The first-order chi connectivity index (χ1) is 8.16. The molecule has 0 unspecified atom stereocenters. The molecule has 0 fully saturated rings. The molecule has 0 aliphatic heterocycles. The number of benzene rings is 1. The van der Waals surface area contributed by atoms with E-state index >= 15 is 0 Å². The van der Waals surface area contributed by atoms with Crippen LogP contribution in [0.4, 0.5) is 10.2 Å². The molecule has 4 nitrogen and oxygen atoms in total. The van der Waals surface area contributed by atoms with Crippen LogP contribution < -0.4 is 5.73 Å². The summed E-state index contributed by atoms with van der Waals surface area (Å²) in [6.07, 6.45) is 1.77. The van der Waals surface area contributed by atoms with E-state index < -0.39 is 0 Å². The lowest BCUT2D eigenvalue weighted by Gasteiger charge is -2.00. The number of nitrogens with one attached hydrogen (secondary N) is 1. The summed E-state index contributed by atoms with van der Waals surface area (Å²) in [6, 6.07) is 6.69. The van der Waals surface area contributed by atoms with Crippen molar-refractivity contribution in [2.75, 3.05) is 5.73 Å². The third-order valence-corrected chi connectivity index (χ3v) is 2.83. The van der Waals surface area contributed by atoms with E-state index in [2.05, 4.69) is 10.1 Å². The Morgan fingerprint density at radius 1 is 1.41 bits per heavy atom. The highest BCUT2D eigenvalue weighted by Gasteiger charge is 2.13. The number of rotatable bonds is 1. The molecule has 2 heterocycles. The fraction of sp³-hybridized carbons (Fsp3) is 0.0833. The fourth-order valence-corrected chi connectivity index (χ4v) is 2.08. The minimum absolute atomic E-state index is 0.251. The van der Waals surface area contributed by atoms with Crippen molar-refractivity contribution in [1.29, 1.82) is 0 Å². The van der Waals surface area contributed by atoms with Crippen molar-refractivity contribution in [3.8, 4) is 11.3 Å². The predicted octanol–water partition coefficient (Wildman–Crippen LogP) is 2.29. The lowest BCUT2D eigenvalue weighted by molar-refractivity contribution is 0.640. The second-order valence-electron chi connectivity index (χ2n) is 3.94. The fourth-order valence-electron chi connectivity index (χ4n) is 2.08. The smallest absolute Gasteiger partial charge is 0.146 e. The van der Waals surface area contributed by atoms with Crippen LogP contribution in [-0.4, -0.2) is 14.8 Å². The predicted molar refractivity (Wildman–Crippen MR) is 64.9 cm³/mol. The van der Waals surface area contributed by atoms with Crippen molar-refractivity contribution in [3.05, 3.63) is 36.3 Å². The molecule has 0 bridgehead atoms. The van der Waals surface area contributed by atoms with Crippen LogP contribution in [-0.2, 0) is 7.05 Å². The number of fused-ring (bicyclic) bond motifs is 1. The van der Waals surface area contributed by atoms with Crippen LogP contribution in [0.25, 0.3) is 22.2 Å². The Labute approximate surface area is 96.9 Å². The summed E-state index contributed by atoms with van der Waals surface area (Å²) in [5, 5.41) is 4.63. The van der Waals surface area contributed by atoms with Crippen molar-refractivity contribution in [3.63, 3.8) is 0 Å². The maximum absolute atomic E-state index is 13.8. The number of aromatic amines is 1. The molecule has 0 saturated heterocycles. The minimum atomic E-state index is -0.251. The molecule has 3 N–H and O–H groups in total. The number of nitrogen functional groups attached to an aromatic ring is 1. The van der Waals surface area contributed by atoms with Crippen LogP contribution in [0.3, 0.4) is 0 Å². The molecule has 0 atom stereocenters. The number of hydrogen-bond donors (Lipinski definition) is 2. The Bertz CT molecular complexity index is 696. The van der Waals surface area contributed by atoms with Gasteiger partial charge in [0.15, 0.2) is 0 Å². The molecule has 86 valence electrons. The number of hydrogen-bond acceptors (Lipinski definition) is 2. The monoisotopic (exact) mass is 230 g/mol. The van der Waals surface area contributed by atoms with Gasteiger partial charge < -0.3 is 10.7 Å². The summed E-state index contributed by atoms with van der Waals surface area (Å²) in [6.45, 7) is 0. The Balaban J connectivity index is 2.35. The number of aryl methyl sites for hydroxylation is 1. The van der Waals surface area contributed by atoms with Gasteiger partial charge in [0.2, 0.25) is 0 Å². The van der Waals surface area contributed by atoms with E-state index in [0.717, 1.165) is 16.8 Å². The number of H-pyrrole nitrogens is 1. The van der Waals surface area contributed by atoms with Gasteiger partial charge in [-0.3, -0.25) is 4.68 Å². The second-order valence-corrected chi connectivity index (χ2v) is 3.94. The van der Waals surface area contributed by atoms with Crippen LogP contribution in [0.15, 0.2) is 30.5 Å². The van der Waals surface area contributed by atoms with Gasteiger partial charge in [-0.15, -0.1) is 0 Å². The molecule has 17 heavy (non-hydrogen) atoms. The molecule has 0 spiro atoms. The van der Waals surface area contributed by atoms with Gasteiger partial charge in [0, 0.05) is 35.8 Å². The molecular weight excluding hydrogens is 219 g/mol. The summed E-state index contributed by atoms with van der Waals surface area (Å²) in [5.74, 6) is 0.173. The van der Waals surface area contributed by atoms with E-state index in [1.807, 2.05) is 6.07 Å².